The van der Waals surface area contributed by atoms with E-state index in [0.717, 1.165) is 5.56 Å². The molecule has 0 saturated carbocycles. The molecule has 0 spiro atoms. The van der Waals surface area contributed by atoms with Crippen molar-refractivity contribution in [2.24, 2.45) is 0 Å². The number of phenolic OH excluding ortho intramolecular Hbond substituents is 1. The number of hydrogen-bond donors (Lipinski definition) is 2. The molecular formula is C13H18N2O2. The summed E-state index contributed by atoms with van der Waals surface area (Å²) in [6.45, 7) is 5.03. The second-order valence-electron chi connectivity index (χ2n) is 3.84. The molecule has 0 aliphatic carbocycles. The molecule has 0 aliphatic heterocycles. The van der Waals surface area contributed by atoms with E-state index in [1.807, 2.05) is 0 Å². The molecule has 4 nitrogen and oxygen atoms in total. The minimum Gasteiger partial charge on any atom is -0.508 e. The van der Waals surface area contributed by atoms with Crippen molar-refractivity contribution in [2.75, 3.05) is 20.1 Å². The summed E-state index contributed by atoms with van der Waals surface area (Å²) in [5, 5.41) is 12.1. The Hall–Kier alpha value is -1.81. The maximum atomic E-state index is 11.7. The lowest BCUT2D eigenvalue weighted by Crippen LogP contribution is -2.35. The van der Waals surface area contributed by atoms with Crippen LogP contribution in [0.2, 0.25) is 0 Å². The third-order valence-electron chi connectivity index (χ3n) is 2.35. The lowest BCUT2D eigenvalue weighted by Gasteiger charge is -2.17. The largest absolute Gasteiger partial charge is 0.508 e. The van der Waals surface area contributed by atoms with Crippen molar-refractivity contribution in [2.45, 2.75) is 6.54 Å². The van der Waals surface area contributed by atoms with E-state index in [2.05, 4.69) is 11.9 Å². The summed E-state index contributed by atoms with van der Waals surface area (Å²) in [4.78, 5) is 13.3. The number of phenols is 1. The zero-order valence-corrected chi connectivity index (χ0v) is 10.0. The Balaban J connectivity index is 2.42. The van der Waals surface area contributed by atoms with Crippen molar-refractivity contribution in [3.8, 4) is 5.75 Å². The molecule has 2 N–H and O–H groups in total. The highest BCUT2D eigenvalue weighted by atomic mass is 16.3. The van der Waals surface area contributed by atoms with Crippen LogP contribution < -0.4 is 5.32 Å². The molecule has 0 aliphatic rings. The molecule has 1 aromatic rings. The van der Waals surface area contributed by atoms with Gasteiger partial charge >= 0.3 is 0 Å². The topological polar surface area (TPSA) is 52.6 Å². The molecule has 0 fully saturated rings. The summed E-state index contributed by atoms with van der Waals surface area (Å²) >= 11 is 0. The second kappa shape index (κ2) is 6.70. The summed E-state index contributed by atoms with van der Waals surface area (Å²) in [6, 6.07) is 6.83. The predicted molar refractivity (Wildman–Crippen MR) is 67.6 cm³/mol. The number of carbonyl (C=O) groups is 1. The third kappa shape index (κ3) is 4.70. The fraction of sp³-hybridized carbons (Fsp3) is 0.308. The first kappa shape index (κ1) is 13.3. The normalized spacial score (nSPS) is 9.94. The molecule has 92 valence electrons. The SMILES string of the molecule is C=CCNCC(=O)N(C)Cc1ccc(O)cc1. The van der Waals surface area contributed by atoms with Crippen LogP contribution in [0.4, 0.5) is 0 Å². The lowest BCUT2D eigenvalue weighted by atomic mass is 10.2. The van der Waals surface area contributed by atoms with Crippen molar-refractivity contribution < 1.29 is 9.90 Å². The molecule has 0 unspecified atom stereocenters. The van der Waals surface area contributed by atoms with E-state index in [-0.39, 0.29) is 11.7 Å². The number of nitrogens with zero attached hydrogens (tertiary/aromatic N) is 1. The molecule has 0 bridgehead atoms. The first-order valence-corrected chi connectivity index (χ1v) is 5.47. The molecule has 0 radical (unpaired) electrons. The molecule has 0 saturated heterocycles. The van der Waals surface area contributed by atoms with Crippen LogP contribution in [-0.4, -0.2) is 36.1 Å². The van der Waals surface area contributed by atoms with Crippen LogP contribution in [0.15, 0.2) is 36.9 Å². The number of carbonyl (C=O) groups excluding carboxylic acids is 1. The minimum absolute atomic E-state index is 0.0277. The van der Waals surface area contributed by atoms with Crippen molar-refractivity contribution in [3.05, 3.63) is 42.5 Å². The number of benzene rings is 1. The highest BCUT2D eigenvalue weighted by molar-refractivity contribution is 5.77. The Labute approximate surface area is 102 Å². The number of aromatic hydroxyl groups is 1. The van der Waals surface area contributed by atoms with Crippen LogP contribution in [0, 0.1) is 0 Å². The van der Waals surface area contributed by atoms with Gasteiger partial charge in [0.2, 0.25) is 5.91 Å². The van der Waals surface area contributed by atoms with Gasteiger partial charge in [-0.15, -0.1) is 6.58 Å². The fourth-order valence-corrected chi connectivity index (χ4v) is 1.38. The van der Waals surface area contributed by atoms with Crippen LogP contribution in [0.25, 0.3) is 0 Å². The molecule has 0 atom stereocenters. The van der Waals surface area contributed by atoms with Gasteiger partial charge in [0, 0.05) is 20.1 Å². The Kier molecular flexibility index (Phi) is 5.23. The molecular weight excluding hydrogens is 216 g/mol. The number of rotatable bonds is 6. The van der Waals surface area contributed by atoms with E-state index in [4.69, 9.17) is 5.11 Å². The van der Waals surface area contributed by atoms with Crippen LogP contribution in [0.3, 0.4) is 0 Å². The van der Waals surface area contributed by atoms with Gasteiger partial charge < -0.3 is 15.3 Å². The van der Waals surface area contributed by atoms with Crippen molar-refractivity contribution in [1.82, 2.24) is 10.2 Å². The standard InChI is InChI=1S/C13H18N2O2/c1-3-8-14-9-13(17)15(2)10-11-4-6-12(16)7-5-11/h3-7,14,16H,1,8-10H2,2H3. The van der Waals surface area contributed by atoms with E-state index >= 15 is 0 Å². The van der Waals surface area contributed by atoms with Crippen LogP contribution >= 0.6 is 0 Å². The summed E-state index contributed by atoms with van der Waals surface area (Å²) in [5.41, 5.74) is 0.988. The van der Waals surface area contributed by atoms with E-state index in [9.17, 15) is 4.79 Å². The van der Waals surface area contributed by atoms with Gasteiger partial charge in [0.25, 0.3) is 0 Å². The van der Waals surface area contributed by atoms with Crippen LogP contribution in [0.1, 0.15) is 5.56 Å². The average molecular weight is 234 g/mol. The monoisotopic (exact) mass is 234 g/mol. The van der Waals surface area contributed by atoms with Gasteiger partial charge in [-0.05, 0) is 17.7 Å². The predicted octanol–water partition coefficient (Wildman–Crippen LogP) is 1.13. The van der Waals surface area contributed by atoms with E-state index in [0.29, 0.717) is 19.6 Å². The number of likely N-dealkylation sites (N-methyl/N-ethyl adjacent to an activating group) is 1. The van der Waals surface area contributed by atoms with Gasteiger partial charge in [-0.2, -0.15) is 0 Å². The van der Waals surface area contributed by atoms with E-state index < -0.39 is 0 Å². The van der Waals surface area contributed by atoms with Crippen LogP contribution in [0.5, 0.6) is 5.75 Å². The van der Waals surface area contributed by atoms with Gasteiger partial charge in [-0.25, -0.2) is 0 Å². The third-order valence-corrected chi connectivity index (χ3v) is 2.35. The summed E-state index contributed by atoms with van der Waals surface area (Å²) < 4.78 is 0. The highest BCUT2D eigenvalue weighted by Gasteiger charge is 2.08. The van der Waals surface area contributed by atoms with Gasteiger partial charge in [-0.1, -0.05) is 18.2 Å². The molecule has 1 amide bonds. The van der Waals surface area contributed by atoms with Gasteiger partial charge in [0.1, 0.15) is 5.75 Å². The molecule has 1 rings (SSSR count). The molecule has 0 heterocycles. The molecule has 1 aromatic carbocycles. The highest BCUT2D eigenvalue weighted by Crippen LogP contribution is 2.10. The summed E-state index contributed by atoms with van der Waals surface area (Å²) in [7, 11) is 1.75. The first-order chi connectivity index (χ1) is 8.13. The van der Waals surface area contributed by atoms with E-state index in [1.54, 1.807) is 42.3 Å². The van der Waals surface area contributed by atoms with E-state index in [1.165, 1.54) is 0 Å². The maximum absolute atomic E-state index is 11.7. The molecule has 17 heavy (non-hydrogen) atoms. The summed E-state index contributed by atoms with van der Waals surface area (Å²) in [5.74, 6) is 0.260. The zero-order valence-electron chi connectivity index (χ0n) is 10.0. The molecule has 0 aromatic heterocycles. The Bertz CT molecular complexity index is 374. The van der Waals surface area contributed by atoms with Crippen molar-refractivity contribution >= 4 is 5.91 Å². The van der Waals surface area contributed by atoms with Gasteiger partial charge in [0.15, 0.2) is 0 Å². The zero-order chi connectivity index (χ0) is 12.7. The molecule has 4 heteroatoms. The second-order valence-corrected chi connectivity index (χ2v) is 3.84. The number of hydrogen-bond acceptors (Lipinski definition) is 3. The Morgan fingerprint density at radius 2 is 2.12 bits per heavy atom. The van der Waals surface area contributed by atoms with Crippen molar-refractivity contribution in [1.29, 1.82) is 0 Å². The van der Waals surface area contributed by atoms with Gasteiger partial charge in [0.05, 0.1) is 6.54 Å². The fourth-order valence-electron chi connectivity index (χ4n) is 1.38. The number of nitrogens with one attached hydrogen (secondary N) is 1. The van der Waals surface area contributed by atoms with Crippen LogP contribution in [-0.2, 0) is 11.3 Å². The quantitative estimate of drug-likeness (QED) is 0.573. The Morgan fingerprint density at radius 1 is 1.47 bits per heavy atom. The maximum Gasteiger partial charge on any atom is 0.236 e. The van der Waals surface area contributed by atoms with Crippen molar-refractivity contribution in [3.63, 3.8) is 0 Å². The Morgan fingerprint density at radius 3 is 2.71 bits per heavy atom. The first-order valence-electron chi connectivity index (χ1n) is 5.47. The smallest absolute Gasteiger partial charge is 0.236 e. The van der Waals surface area contributed by atoms with Gasteiger partial charge in [-0.3, -0.25) is 4.79 Å². The minimum atomic E-state index is 0.0277. The summed E-state index contributed by atoms with van der Waals surface area (Å²) in [6.07, 6.45) is 1.72. The lowest BCUT2D eigenvalue weighted by molar-refractivity contribution is -0.129. The number of amides is 1. The average Bonchev–Trinajstić information content (AvgIpc) is 2.32.